The Balaban J connectivity index is 2.09. The van der Waals surface area contributed by atoms with Crippen LogP contribution >= 0.6 is 0 Å². The fraction of sp³-hybridized carbons (Fsp3) is 0.458. The van der Waals surface area contributed by atoms with Crippen molar-refractivity contribution in [2.24, 2.45) is 0 Å². The van der Waals surface area contributed by atoms with Crippen molar-refractivity contribution in [1.29, 1.82) is 0 Å². The molecule has 31 heavy (non-hydrogen) atoms. The van der Waals surface area contributed by atoms with Gasteiger partial charge in [0.15, 0.2) is 23.0 Å². The Labute approximate surface area is 185 Å². The quantitative estimate of drug-likeness (QED) is 0.569. The Hall–Kier alpha value is -2.93. The highest BCUT2D eigenvalue weighted by atomic mass is 16.5. The first kappa shape index (κ1) is 24.3. The SMILES string of the molecule is COc1ccc(C(C)N(C)CC(=O)N(C)C(C)c2ccc(OC)c(OC)c2)cc1OC. The molecule has 0 aliphatic heterocycles. The number of methoxy groups -OCH3 is 4. The lowest BCUT2D eigenvalue weighted by molar-refractivity contribution is -0.133. The predicted molar refractivity (Wildman–Crippen MR) is 121 cm³/mol. The zero-order chi connectivity index (χ0) is 23.1. The molecule has 0 aliphatic carbocycles. The van der Waals surface area contributed by atoms with Gasteiger partial charge in [-0.25, -0.2) is 0 Å². The Morgan fingerprint density at radius 3 is 1.58 bits per heavy atom. The van der Waals surface area contributed by atoms with E-state index in [4.69, 9.17) is 18.9 Å². The predicted octanol–water partition coefficient (Wildman–Crippen LogP) is 3.93. The van der Waals surface area contributed by atoms with E-state index >= 15 is 0 Å². The standard InChI is InChI=1S/C24H34N2O5/c1-16(18-9-11-20(28-5)22(13-18)30-7)25(3)15-24(27)26(4)17(2)19-10-12-21(29-6)23(14-19)31-8/h9-14,16-17H,15H2,1-8H3. The van der Waals surface area contributed by atoms with Crippen LogP contribution < -0.4 is 18.9 Å². The molecule has 2 atom stereocenters. The van der Waals surface area contributed by atoms with Gasteiger partial charge in [0.1, 0.15) is 0 Å². The van der Waals surface area contributed by atoms with Gasteiger partial charge in [-0.1, -0.05) is 12.1 Å². The fourth-order valence-electron chi connectivity index (χ4n) is 3.38. The molecule has 170 valence electrons. The van der Waals surface area contributed by atoms with Crippen LogP contribution in [0.3, 0.4) is 0 Å². The van der Waals surface area contributed by atoms with Crippen molar-refractivity contribution in [2.75, 3.05) is 49.1 Å². The summed E-state index contributed by atoms with van der Waals surface area (Å²) in [5.74, 6) is 2.69. The van der Waals surface area contributed by atoms with Gasteiger partial charge >= 0.3 is 0 Å². The van der Waals surface area contributed by atoms with Crippen LogP contribution in [-0.2, 0) is 4.79 Å². The van der Waals surface area contributed by atoms with Crippen LogP contribution in [0.2, 0.25) is 0 Å². The molecule has 0 N–H and O–H groups in total. The number of nitrogens with zero attached hydrogens (tertiary/aromatic N) is 2. The smallest absolute Gasteiger partial charge is 0.237 e. The average molecular weight is 431 g/mol. The van der Waals surface area contributed by atoms with E-state index in [0.717, 1.165) is 11.1 Å². The number of ether oxygens (including phenoxy) is 4. The zero-order valence-electron chi connectivity index (χ0n) is 19.8. The molecular weight excluding hydrogens is 396 g/mol. The Morgan fingerprint density at radius 2 is 1.16 bits per heavy atom. The monoisotopic (exact) mass is 430 g/mol. The molecule has 7 heteroatoms. The number of carbonyl (C=O) groups is 1. The minimum Gasteiger partial charge on any atom is -0.493 e. The van der Waals surface area contributed by atoms with Gasteiger partial charge in [-0.3, -0.25) is 9.69 Å². The van der Waals surface area contributed by atoms with Gasteiger partial charge in [0.05, 0.1) is 41.0 Å². The molecule has 2 aromatic rings. The first-order valence-corrected chi connectivity index (χ1v) is 10.2. The van der Waals surface area contributed by atoms with Crippen molar-refractivity contribution in [3.8, 4) is 23.0 Å². The van der Waals surface area contributed by atoms with E-state index in [1.807, 2.05) is 62.3 Å². The largest absolute Gasteiger partial charge is 0.493 e. The van der Waals surface area contributed by atoms with Gasteiger partial charge in [-0.15, -0.1) is 0 Å². The molecule has 0 saturated heterocycles. The summed E-state index contributed by atoms with van der Waals surface area (Å²) in [4.78, 5) is 16.8. The molecule has 2 rings (SSSR count). The third-order valence-electron chi connectivity index (χ3n) is 5.80. The molecule has 1 amide bonds. The van der Waals surface area contributed by atoms with Gasteiger partial charge in [-0.05, 0) is 56.3 Å². The van der Waals surface area contributed by atoms with Crippen LogP contribution in [0.4, 0.5) is 0 Å². The second kappa shape index (κ2) is 10.9. The van der Waals surface area contributed by atoms with E-state index in [9.17, 15) is 4.79 Å². The van der Waals surface area contributed by atoms with Crippen molar-refractivity contribution in [3.05, 3.63) is 47.5 Å². The summed E-state index contributed by atoms with van der Waals surface area (Å²) in [7, 11) is 10.2. The second-order valence-corrected chi connectivity index (χ2v) is 7.50. The summed E-state index contributed by atoms with van der Waals surface area (Å²) in [5, 5.41) is 0. The Bertz CT molecular complexity index is 886. The number of hydrogen-bond donors (Lipinski definition) is 0. The summed E-state index contributed by atoms with van der Waals surface area (Å²) in [6.45, 7) is 4.34. The number of rotatable bonds is 10. The number of benzene rings is 2. The minimum atomic E-state index is -0.114. The van der Waals surface area contributed by atoms with E-state index in [-0.39, 0.29) is 24.5 Å². The van der Waals surface area contributed by atoms with Gasteiger partial charge in [0.2, 0.25) is 5.91 Å². The lowest BCUT2D eigenvalue weighted by Crippen LogP contribution is -2.38. The Morgan fingerprint density at radius 1 is 0.742 bits per heavy atom. The van der Waals surface area contributed by atoms with Crippen LogP contribution in [0.15, 0.2) is 36.4 Å². The molecule has 0 fully saturated rings. The number of carbonyl (C=O) groups excluding carboxylic acids is 1. The number of hydrogen-bond acceptors (Lipinski definition) is 6. The highest BCUT2D eigenvalue weighted by Gasteiger charge is 2.23. The van der Waals surface area contributed by atoms with Gasteiger partial charge < -0.3 is 23.8 Å². The van der Waals surface area contributed by atoms with Crippen molar-refractivity contribution in [2.45, 2.75) is 25.9 Å². The molecule has 0 spiro atoms. The topological polar surface area (TPSA) is 60.5 Å². The molecule has 0 bridgehead atoms. The van der Waals surface area contributed by atoms with Gasteiger partial charge in [0, 0.05) is 13.1 Å². The zero-order valence-corrected chi connectivity index (χ0v) is 19.8. The van der Waals surface area contributed by atoms with Crippen LogP contribution in [0.25, 0.3) is 0 Å². The second-order valence-electron chi connectivity index (χ2n) is 7.50. The third-order valence-corrected chi connectivity index (χ3v) is 5.80. The molecule has 2 unspecified atom stereocenters. The summed E-state index contributed by atoms with van der Waals surface area (Å²) in [6.07, 6.45) is 0. The minimum absolute atomic E-state index is 0.0218. The molecular formula is C24H34N2O5. The molecule has 0 aromatic heterocycles. The summed E-state index contributed by atoms with van der Waals surface area (Å²) < 4.78 is 21.4. The van der Waals surface area contributed by atoms with Crippen molar-refractivity contribution in [1.82, 2.24) is 9.80 Å². The van der Waals surface area contributed by atoms with Crippen molar-refractivity contribution < 1.29 is 23.7 Å². The van der Waals surface area contributed by atoms with E-state index in [2.05, 4.69) is 6.92 Å². The lowest BCUT2D eigenvalue weighted by Gasteiger charge is -2.30. The van der Waals surface area contributed by atoms with E-state index in [1.54, 1.807) is 33.3 Å². The van der Waals surface area contributed by atoms with Gasteiger partial charge in [-0.2, -0.15) is 0 Å². The van der Waals surface area contributed by atoms with Crippen molar-refractivity contribution in [3.63, 3.8) is 0 Å². The van der Waals surface area contributed by atoms with Crippen LogP contribution in [-0.4, -0.2) is 64.8 Å². The molecule has 7 nitrogen and oxygen atoms in total. The maximum Gasteiger partial charge on any atom is 0.237 e. The third kappa shape index (κ3) is 5.61. The lowest BCUT2D eigenvalue weighted by atomic mass is 10.1. The highest BCUT2D eigenvalue weighted by molar-refractivity contribution is 5.78. The van der Waals surface area contributed by atoms with Crippen molar-refractivity contribution >= 4 is 5.91 Å². The average Bonchev–Trinajstić information content (AvgIpc) is 2.81. The highest BCUT2D eigenvalue weighted by Crippen LogP contribution is 2.33. The molecule has 0 aliphatic rings. The first-order valence-electron chi connectivity index (χ1n) is 10.2. The van der Waals surface area contributed by atoms with E-state index in [1.165, 1.54) is 0 Å². The van der Waals surface area contributed by atoms with Crippen LogP contribution in [0, 0.1) is 0 Å². The summed E-state index contributed by atoms with van der Waals surface area (Å²) >= 11 is 0. The maximum absolute atomic E-state index is 13.0. The first-order chi connectivity index (χ1) is 14.8. The van der Waals surface area contributed by atoms with Crippen LogP contribution in [0.1, 0.15) is 37.1 Å². The van der Waals surface area contributed by atoms with Gasteiger partial charge in [0.25, 0.3) is 0 Å². The maximum atomic E-state index is 13.0. The molecule has 0 saturated carbocycles. The van der Waals surface area contributed by atoms with E-state index in [0.29, 0.717) is 23.0 Å². The molecule has 2 aromatic carbocycles. The Kier molecular flexibility index (Phi) is 8.56. The molecule has 0 radical (unpaired) electrons. The number of likely N-dealkylation sites (N-methyl/N-ethyl adjacent to an activating group) is 2. The fourth-order valence-corrected chi connectivity index (χ4v) is 3.38. The summed E-state index contributed by atoms with van der Waals surface area (Å²) in [5.41, 5.74) is 2.02. The number of amides is 1. The normalized spacial score (nSPS) is 12.8. The van der Waals surface area contributed by atoms with Crippen LogP contribution in [0.5, 0.6) is 23.0 Å². The summed E-state index contributed by atoms with van der Waals surface area (Å²) in [6, 6.07) is 11.4. The molecule has 0 heterocycles. The van der Waals surface area contributed by atoms with E-state index < -0.39 is 0 Å².